The van der Waals surface area contributed by atoms with Crippen LogP contribution in [-0.4, -0.2) is 24.5 Å². The second-order valence-corrected chi connectivity index (χ2v) is 5.75. The van der Waals surface area contributed by atoms with Gasteiger partial charge in [0.15, 0.2) is 0 Å². The van der Waals surface area contributed by atoms with Gasteiger partial charge in [0.2, 0.25) is 5.91 Å². The molecule has 1 rings (SSSR count). The number of hydrogen-bond acceptors (Lipinski definition) is 2. The lowest BCUT2D eigenvalue weighted by Gasteiger charge is -2.15. The Morgan fingerprint density at radius 3 is 2.39 bits per heavy atom. The van der Waals surface area contributed by atoms with E-state index in [2.05, 4.69) is 38.7 Å². The molecule has 1 atom stereocenters. The normalized spacial score (nSPS) is 12.5. The Morgan fingerprint density at radius 2 is 1.83 bits per heavy atom. The van der Waals surface area contributed by atoms with Crippen molar-refractivity contribution in [2.45, 2.75) is 39.3 Å². The second kappa shape index (κ2) is 7.54. The van der Waals surface area contributed by atoms with Gasteiger partial charge in [-0.3, -0.25) is 4.79 Å². The van der Waals surface area contributed by atoms with Crippen molar-refractivity contribution in [3.05, 3.63) is 34.3 Å². The molecule has 0 saturated carbocycles. The van der Waals surface area contributed by atoms with Crippen LogP contribution < -0.4 is 10.6 Å². The van der Waals surface area contributed by atoms with Crippen molar-refractivity contribution in [1.82, 2.24) is 10.6 Å². The summed E-state index contributed by atoms with van der Waals surface area (Å²) in [6.07, 6.45) is 0.848. The van der Waals surface area contributed by atoms with E-state index < -0.39 is 0 Å². The van der Waals surface area contributed by atoms with Gasteiger partial charge in [-0.15, -0.1) is 0 Å². The molecule has 1 unspecified atom stereocenters. The fourth-order valence-electron chi connectivity index (χ4n) is 1.65. The first-order valence-electron chi connectivity index (χ1n) is 6.24. The molecule has 1 aromatic rings. The van der Waals surface area contributed by atoms with Crippen LogP contribution >= 0.6 is 15.9 Å². The lowest BCUT2D eigenvalue weighted by Crippen LogP contribution is -2.41. The fourth-order valence-corrected chi connectivity index (χ4v) is 1.91. The standard InChI is InChI=1S/C14H21BrN2O/c1-10(2)16-9-14(18)17-11(3)8-12-4-6-13(15)7-5-12/h4-7,10-11,16H,8-9H2,1-3H3,(H,17,18). The van der Waals surface area contributed by atoms with Crippen molar-refractivity contribution in [2.24, 2.45) is 0 Å². The van der Waals surface area contributed by atoms with Crippen LogP contribution in [0.15, 0.2) is 28.7 Å². The molecule has 1 aromatic carbocycles. The second-order valence-electron chi connectivity index (χ2n) is 4.83. The third-order valence-corrected chi connectivity index (χ3v) is 3.06. The van der Waals surface area contributed by atoms with E-state index in [9.17, 15) is 4.79 Å². The summed E-state index contributed by atoms with van der Waals surface area (Å²) < 4.78 is 1.07. The monoisotopic (exact) mass is 312 g/mol. The lowest BCUT2D eigenvalue weighted by atomic mass is 10.1. The number of carbonyl (C=O) groups is 1. The zero-order chi connectivity index (χ0) is 13.5. The van der Waals surface area contributed by atoms with Crippen molar-refractivity contribution in [2.75, 3.05) is 6.54 Å². The van der Waals surface area contributed by atoms with Crippen molar-refractivity contribution in [3.63, 3.8) is 0 Å². The maximum absolute atomic E-state index is 11.6. The summed E-state index contributed by atoms with van der Waals surface area (Å²) >= 11 is 3.41. The smallest absolute Gasteiger partial charge is 0.234 e. The Morgan fingerprint density at radius 1 is 1.22 bits per heavy atom. The van der Waals surface area contributed by atoms with Gasteiger partial charge in [0.1, 0.15) is 0 Å². The molecule has 0 aliphatic carbocycles. The highest BCUT2D eigenvalue weighted by molar-refractivity contribution is 9.10. The van der Waals surface area contributed by atoms with Gasteiger partial charge in [0, 0.05) is 16.6 Å². The molecule has 0 spiro atoms. The van der Waals surface area contributed by atoms with Crippen molar-refractivity contribution in [3.8, 4) is 0 Å². The number of halogens is 1. The Kier molecular flexibility index (Phi) is 6.36. The van der Waals surface area contributed by atoms with Crippen LogP contribution in [0.1, 0.15) is 26.3 Å². The summed E-state index contributed by atoms with van der Waals surface area (Å²) in [5.41, 5.74) is 1.22. The average Bonchev–Trinajstić information content (AvgIpc) is 2.29. The Bertz CT molecular complexity index is 376. The van der Waals surface area contributed by atoms with Crippen LogP contribution in [0.25, 0.3) is 0 Å². The first kappa shape index (κ1) is 15.2. The Hall–Kier alpha value is -0.870. The molecular formula is C14H21BrN2O. The largest absolute Gasteiger partial charge is 0.352 e. The van der Waals surface area contributed by atoms with Crippen LogP contribution in [0.4, 0.5) is 0 Å². The number of amides is 1. The van der Waals surface area contributed by atoms with Gasteiger partial charge in [-0.05, 0) is 31.0 Å². The molecule has 0 fully saturated rings. The highest BCUT2D eigenvalue weighted by Gasteiger charge is 2.08. The topological polar surface area (TPSA) is 41.1 Å². The molecule has 0 aromatic heterocycles. The number of nitrogens with one attached hydrogen (secondary N) is 2. The zero-order valence-corrected chi connectivity index (χ0v) is 12.8. The molecule has 0 aliphatic rings. The molecule has 0 aliphatic heterocycles. The summed E-state index contributed by atoms with van der Waals surface area (Å²) in [6, 6.07) is 8.65. The lowest BCUT2D eigenvalue weighted by molar-refractivity contribution is -0.120. The SMILES string of the molecule is CC(C)NCC(=O)NC(C)Cc1ccc(Br)cc1. The molecular weight excluding hydrogens is 292 g/mol. The molecule has 3 nitrogen and oxygen atoms in total. The van der Waals surface area contributed by atoms with E-state index in [-0.39, 0.29) is 11.9 Å². The molecule has 2 N–H and O–H groups in total. The molecule has 18 heavy (non-hydrogen) atoms. The molecule has 0 heterocycles. The third kappa shape index (κ3) is 6.17. The maximum atomic E-state index is 11.6. The van der Waals surface area contributed by atoms with Crippen LogP contribution in [0.5, 0.6) is 0 Å². The van der Waals surface area contributed by atoms with E-state index in [0.717, 1.165) is 10.9 Å². The van der Waals surface area contributed by atoms with E-state index in [4.69, 9.17) is 0 Å². The molecule has 1 amide bonds. The summed E-state index contributed by atoms with van der Waals surface area (Å²) in [6.45, 7) is 6.45. The fraction of sp³-hybridized carbons (Fsp3) is 0.500. The minimum absolute atomic E-state index is 0.0494. The molecule has 0 radical (unpaired) electrons. The van der Waals surface area contributed by atoms with Gasteiger partial charge in [-0.1, -0.05) is 41.9 Å². The van der Waals surface area contributed by atoms with Crippen molar-refractivity contribution < 1.29 is 4.79 Å². The maximum Gasteiger partial charge on any atom is 0.234 e. The van der Waals surface area contributed by atoms with E-state index in [1.165, 1.54) is 5.56 Å². The molecule has 4 heteroatoms. The quantitative estimate of drug-likeness (QED) is 0.847. The van der Waals surface area contributed by atoms with Gasteiger partial charge in [0.25, 0.3) is 0 Å². The van der Waals surface area contributed by atoms with Gasteiger partial charge >= 0.3 is 0 Å². The van der Waals surface area contributed by atoms with E-state index >= 15 is 0 Å². The Labute approximate surface area is 117 Å². The Balaban J connectivity index is 2.34. The average molecular weight is 313 g/mol. The van der Waals surface area contributed by atoms with E-state index in [0.29, 0.717) is 12.6 Å². The molecule has 0 bridgehead atoms. The highest BCUT2D eigenvalue weighted by atomic mass is 79.9. The van der Waals surface area contributed by atoms with Crippen LogP contribution in [0, 0.1) is 0 Å². The summed E-state index contributed by atoms with van der Waals surface area (Å²) in [5, 5.41) is 6.09. The van der Waals surface area contributed by atoms with Crippen LogP contribution in [0.2, 0.25) is 0 Å². The zero-order valence-electron chi connectivity index (χ0n) is 11.2. The predicted octanol–water partition coefficient (Wildman–Crippen LogP) is 2.49. The number of hydrogen-bond donors (Lipinski definition) is 2. The first-order chi connectivity index (χ1) is 8.47. The number of carbonyl (C=O) groups excluding carboxylic acids is 1. The van der Waals surface area contributed by atoms with Crippen molar-refractivity contribution >= 4 is 21.8 Å². The predicted molar refractivity (Wildman–Crippen MR) is 78.6 cm³/mol. The number of benzene rings is 1. The van der Waals surface area contributed by atoms with E-state index in [1.807, 2.05) is 32.9 Å². The minimum atomic E-state index is 0.0494. The molecule has 0 saturated heterocycles. The van der Waals surface area contributed by atoms with Crippen LogP contribution in [0.3, 0.4) is 0 Å². The first-order valence-corrected chi connectivity index (χ1v) is 7.04. The number of rotatable bonds is 6. The summed E-state index contributed by atoms with van der Waals surface area (Å²) in [7, 11) is 0. The van der Waals surface area contributed by atoms with Gasteiger partial charge in [0.05, 0.1) is 6.54 Å². The molecule has 100 valence electrons. The van der Waals surface area contributed by atoms with Gasteiger partial charge in [-0.25, -0.2) is 0 Å². The minimum Gasteiger partial charge on any atom is -0.352 e. The summed E-state index contributed by atoms with van der Waals surface area (Å²) in [4.78, 5) is 11.6. The summed E-state index contributed by atoms with van der Waals surface area (Å²) in [5.74, 6) is 0.0494. The van der Waals surface area contributed by atoms with Crippen LogP contribution in [-0.2, 0) is 11.2 Å². The van der Waals surface area contributed by atoms with Gasteiger partial charge < -0.3 is 10.6 Å². The highest BCUT2D eigenvalue weighted by Crippen LogP contribution is 2.11. The van der Waals surface area contributed by atoms with Crippen molar-refractivity contribution in [1.29, 1.82) is 0 Å². The third-order valence-electron chi connectivity index (χ3n) is 2.53. The van der Waals surface area contributed by atoms with Gasteiger partial charge in [-0.2, -0.15) is 0 Å². The van der Waals surface area contributed by atoms with E-state index in [1.54, 1.807) is 0 Å².